The summed E-state index contributed by atoms with van der Waals surface area (Å²) in [5.74, 6) is 0. The van der Waals surface area contributed by atoms with Gasteiger partial charge in [-0.1, -0.05) is 285 Å². The molecule has 13 rings (SSSR count). The number of hydrogen-bond acceptors (Lipinski definition) is 6. The fraction of sp³-hybridized carbons (Fsp3) is 0.414. The van der Waals surface area contributed by atoms with Crippen molar-refractivity contribution in [2.75, 3.05) is 0 Å². The van der Waals surface area contributed by atoms with Crippen LogP contribution in [-0.2, 0) is 19.6 Å². The van der Waals surface area contributed by atoms with E-state index >= 15 is 0 Å². The zero-order valence-electron chi connectivity index (χ0n) is 57.8. The molecule has 0 radical (unpaired) electrons. The van der Waals surface area contributed by atoms with Gasteiger partial charge in [-0.05, 0) is 109 Å². The van der Waals surface area contributed by atoms with Gasteiger partial charge in [0, 0.05) is 68.5 Å². The summed E-state index contributed by atoms with van der Waals surface area (Å²) in [5.41, 5.74) is 15.1. The van der Waals surface area contributed by atoms with Gasteiger partial charge in [0.1, 0.15) is 15.0 Å². The third-order valence-corrected chi connectivity index (χ3v) is 23.4. The number of rotatable bonds is 39. The molecular weight excluding hydrogens is 1230 g/mol. The molecule has 6 heterocycles. The van der Waals surface area contributed by atoms with Crippen molar-refractivity contribution in [1.82, 2.24) is 28.7 Å². The minimum absolute atomic E-state index is 0.968. The minimum Gasteiger partial charge on any atom is -0.340 e. The normalized spacial score (nSPS) is 12.5. The Balaban J connectivity index is 1.00. The van der Waals surface area contributed by atoms with Crippen LogP contribution in [0.3, 0.4) is 0 Å². The van der Waals surface area contributed by atoms with Crippen LogP contribution in [0.2, 0.25) is 0 Å². The number of thiazole rings is 3. The Kier molecular flexibility index (Phi) is 23.8. The molecule has 0 bridgehead atoms. The van der Waals surface area contributed by atoms with Crippen LogP contribution in [0.25, 0.3) is 133 Å². The van der Waals surface area contributed by atoms with Gasteiger partial charge >= 0.3 is 0 Å². The molecule has 0 amide bonds. The molecule has 0 N–H and O–H groups in total. The second kappa shape index (κ2) is 33.9. The lowest BCUT2D eigenvalue weighted by molar-refractivity contribution is 0.541. The predicted octanol–water partition coefficient (Wildman–Crippen LogP) is 28.1. The maximum Gasteiger partial charge on any atom is 0.117 e. The first-order valence-corrected chi connectivity index (χ1v) is 40.1. The van der Waals surface area contributed by atoms with Gasteiger partial charge in [-0.2, -0.15) is 0 Å². The third-order valence-electron chi connectivity index (χ3n) is 20.4. The summed E-state index contributed by atoms with van der Waals surface area (Å²) < 4.78 is 12.2. The van der Waals surface area contributed by atoms with Crippen LogP contribution in [0.1, 0.15) is 245 Å². The summed E-state index contributed by atoms with van der Waals surface area (Å²) in [6.45, 7) is 9.88. The van der Waals surface area contributed by atoms with Crippen LogP contribution < -0.4 is 0 Å². The molecule has 0 unspecified atom stereocenters. The highest BCUT2D eigenvalue weighted by molar-refractivity contribution is 7.20. The monoisotopic (exact) mass is 1330 g/mol. The molecule has 0 atom stereocenters. The molecule has 7 aromatic carbocycles. The van der Waals surface area contributed by atoms with Crippen LogP contribution >= 0.6 is 34.0 Å². The Morgan fingerprint density at radius 1 is 0.281 bits per heavy atom. The first kappa shape index (κ1) is 67.4. The van der Waals surface area contributed by atoms with Crippen molar-refractivity contribution < 1.29 is 0 Å². The first-order chi connectivity index (χ1) is 47.5. The molecule has 13 aromatic rings. The number of benzene rings is 7. The Morgan fingerprint density at radius 3 is 0.792 bits per heavy atom. The molecule has 6 aromatic heterocycles. The number of unbranched alkanes of at least 4 members (excludes halogenated alkanes) is 27. The molecule has 498 valence electrons. The third kappa shape index (κ3) is 16.0. The summed E-state index contributed by atoms with van der Waals surface area (Å²) in [6, 6.07) is 47.9. The topological polar surface area (TPSA) is 53.5 Å². The summed E-state index contributed by atoms with van der Waals surface area (Å²) in [6.07, 6.45) is 53.1. The molecule has 0 fully saturated rings. The molecule has 9 heteroatoms. The van der Waals surface area contributed by atoms with Gasteiger partial charge in [-0.25, -0.2) is 15.0 Å². The largest absolute Gasteiger partial charge is 0.340 e. The van der Waals surface area contributed by atoms with E-state index in [0.29, 0.717) is 0 Å². The number of para-hydroxylation sites is 3. The van der Waals surface area contributed by atoms with Crippen LogP contribution in [0, 0.1) is 0 Å². The van der Waals surface area contributed by atoms with Crippen molar-refractivity contribution in [1.29, 1.82) is 0 Å². The molecule has 0 aliphatic rings. The van der Waals surface area contributed by atoms with Crippen molar-refractivity contribution in [2.24, 2.45) is 0 Å². The summed E-state index contributed by atoms with van der Waals surface area (Å²) in [4.78, 5) is 15.2. The Hall–Kier alpha value is -7.17. The van der Waals surface area contributed by atoms with E-state index in [-0.39, 0.29) is 0 Å². The quantitative estimate of drug-likeness (QED) is 0.0361. The highest BCUT2D eigenvalue weighted by Gasteiger charge is 2.28. The SMILES string of the molecule is CCCCCCCCCCCCn1c2cc(/C=C/c3nc4ccccc4s3)ccc2c2c1c1c3ccc(/C=C/c4nc5ccccc5s4)cc3n(CCCCCCCCCCCC)c1c1c3ccc(/C=C/c4nc5ccccc5s4)cc3n(CCCCCCCCCCCC)c21. The van der Waals surface area contributed by atoms with Gasteiger partial charge < -0.3 is 13.7 Å². The van der Waals surface area contributed by atoms with Crippen LogP contribution in [-0.4, -0.2) is 28.7 Å². The Bertz CT molecular complexity index is 4170. The van der Waals surface area contributed by atoms with Crippen LogP contribution in [0.4, 0.5) is 0 Å². The van der Waals surface area contributed by atoms with Gasteiger partial charge in [0.2, 0.25) is 0 Å². The standard InChI is InChI=1S/C87H102N6S3/c1-4-7-10-13-16-19-22-25-28-37-58-91-73-61-64(49-55-79-88-70-40-31-34-43-76(70)94-79)46-52-67(73)82-85(91)83-68-53-47-65(50-56-80-89-71-41-32-35-44-77(71)95-80)62-74(68)92(59-38-29-26-23-20-17-14-11-8-5-2)87(83)84-69-54-48-66(51-57-81-90-72-42-33-36-45-78(72)96-81)63-75(69)93(86(82)84)60-39-30-27-24-21-18-15-12-9-6-3/h31-36,40-57,61-63H,4-30,37-39,58-60H2,1-3H3/b55-49+,56-50+,57-51+. The maximum absolute atomic E-state index is 5.06. The zero-order valence-corrected chi connectivity index (χ0v) is 60.3. The molecule has 96 heavy (non-hydrogen) atoms. The molecule has 0 saturated carbocycles. The van der Waals surface area contributed by atoms with Crippen molar-refractivity contribution in [3.63, 3.8) is 0 Å². The van der Waals surface area contributed by atoms with E-state index < -0.39 is 0 Å². The van der Waals surface area contributed by atoms with Crippen molar-refractivity contribution >= 4 is 167 Å². The first-order valence-electron chi connectivity index (χ1n) is 37.7. The maximum atomic E-state index is 5.06. The number of fused-ring (bicyclic) bond motifs is 15. The smallest absolute Gasteiger partial charge is 0.117 e. The fourth-order valence-corrected chi connectivity index (χ4v) is 17.9. The van der Waals surface area contributed by atoms with E-state index in [1.165, 1.54) is 270 Å². The van der Waals surface area contributed by atoms with Crippen molar-refractivity contribution in [3.8, 4) is 0 Å². The second-order valence-corrected chi connectivity index (χ2v) is 30.7. The average Bonchev–Trinajstić information content (AvgIpc) is 1.51. The van der Waals surface area contributed by atoms with Gasteiger partial charge in [-0.15, -0.1) is 34.0 Å². The summed E-state index contributed by atoms with van der Waals surface area (Å²) in [7, 11) is 0. The zero-order chi connectivity index (χ0) is 65.3. The Morgan fingerprint density at radius 2 is 0.531 bits per heavy atom. The van der Waals surface area contributed by atoms with Crippen molar-refractivity contribution in [2.45, 2.75) is 233 Å². The van der Waals surface area contributed by atoms with Crippen molar-refractivity contribution in [3.05, 3.63) is 159 Å². The van der Waals surface area contributed by atoms with E-state index in [9.17, 15) is 0 Å². The minimum atomic E-state index is 0.968. The summed E-state index contributed by atoms with van der Waals surface area (Å²) in [5, 5.41) is 11.4. The van der Waals surface area contributed by atoms with E-state index in [0.717, 1.165) is 70.5 Å². The molecule has 0 aliphatic heterocycles. The number of hydrogen-bond donors (Lipinski definition) is 0. The van der Waals surface area contributed by atoms with E-state index in [2.05, 4.69) is 198 Å². The van der Waals surface area contributed by atoms with Crippen LogP contribution in [0.5, 0.6) is 0 Å². The van der Waals surface area contributed by atoms with Gasteiger partial charge in [0.05, 0.1) is 47.2 Å². The molecular formula is C87H102N6S3. The average molecular weight is 1330 g/mol. The van der Waals surface area contributed by atoms with Crippen LogP contribution in [0.15, 0.2) is 127 Å². The predicted molar refractivity (Wildman–Crippen MR) is 427 cm³/mol. The fourth-order valence-electron chi connectivity index (χ4n) is 15.3. The molecule has 0 spiro atoms. The highest BCUT2D eigenvalue weighted by Crippen LogP contribution is 2.49. The second-order valence-electron chi connectivity index (χ2n) is 27.6. The van der Waals surface area contributed by atoms with Gasteiger partial charge in [0.25, 0.3) is 0 Å². The molecule has 0 aliphatic carbocycles. The highest BCUT2D eigenvalue weighted by atomic mass is 32.1. The van der Waals surface area contributed by atoms with E-state index in [1.54, 1.807) is 34.0 Å². The lowest BCUT2D eigenvalue weighted by Gasteiger charge is -2.13. The number of aromatic nitrogens is 6. The Labute approximate surface area is 583 Å². The van der Waals surface area contributed by atoms with E-state index in [4.69, 9.17) is 15.0 Å². The number of nitrogens with zero attached hydrogens (tertiary/aromatic N) is 6. The lowest BCUT2D eigenvalue weighted by Crippen LogP contribution is -2.02. The number of aryl methyl sites for hydroxylation is 3. The molecule has 6 nitrogen and oxygen atoms in total. The van der Waals surface area contributed by atoms with Gasteiger partial charge in [0.15, 0.2) is 0 Å². The lowest BCUT2D eigenvalue weighted by atomic mass is 10.0. The van der Waals surface area contributed by atoms with E-state index in [1.807, 2.05) is 0 Å². The van der Waals surface area contributed by atoms with Gasteiger partial charge in [-0.3, -0.25) is 0 Å². The summed E-state index contributed by atoms with van der Waals surface area (Å²) >= 11 is 5.32. The molecule has 0 saturated heterocycles.